The molecule has 3 heterocycles. The molecule has 3 aliphatic heterocycles. The number of aliphatic hydroxyl groups is 1. The van der Waals surface area contributed by atoms with Crippen molar-refractivity contribution < 1.29 is 33.8 Å². The Bertz CT molecular complexity index is 1280. The van der Waals surface area contributed by atoms with Gasteiger partial charge in [-0.05, 0) is 51.0 Å². The van der Waals surface area contributed by atoms with E-state index in [2.05, 4.69) is 41.3 Å². The highest BCUT2D eigenvalue weighted by atomic mass is 79.9. The highest BCUT2D eigenvalue weighted by Crippen LogP contribution is 2.60. The largest absolute Gasteiger partial charge is 0.455 e. The fourth-order valence-corrected chi connectivity index (χ4v) is 8.34. The van der Waals surface area contributed by atoms with Gasteiger partial charge in [0.15, 0.2) is 0 Å². The van der Waals surface area contributed by atoms with Crippen LogP contribution in [0.15, 0.2) is 55.6 Å². The van der Waals surface area contributed by atoms with Gasteiger partial charge in [-0.2, -0.15) is 0 Å². The molecule has 10 nitrogen and oxygen atoms in total. The number of fused-ring (bicyclic) bond motifs is 1. The molecule has 47 heavy (non-hydrogen) atoms. The van der Waals surface area contributed by atoms with Gasteiger partial charge in [-0.1, -0.05) is 71.8 Å². The van der Waals surface area contributed by atoms with Crippen LogP contribution in [0.1, 0.15) is 76.9 Å². The molecule has 3 aliphatic rings. The van der Waals surface area contributed by atoms with Crippen LogP contribution >= 0.6 is 15.9 Å². The monoisotopic (exact) mass is 715 g/mol. The van der Waals surface area contributed by atoms with Gasteiger partial charge in [0.2, 0.25) is 17.7 Å². The van der Waals surface area contributed by atoms with Gasteiger partial charge in [-0.25, -0.2) is 0 Å². The summed E-state index contributed by atoms with van der Waals surface area (Å²) in [5.41, 5.74) is -0.495. The summed E-state index contributed by atoms with van der Waals surface area (Å²) in [6.07, 6.45) is 6.64. The van der Waals surface area contributed by atoms with Crippen molar-refractivity contribution in [2.45, 2.75) is 99.9 Å². The maximum absolute atomic E-state index is 14.4. The molecule has 2 N–H and O–H groups in total. The van der Waals surface area contributed by atoms with Gasteiger partial charge < -0.3 is 29.7 Å². The van der Waals surface area contributed by atoms with Crippen molar-refractivity contribution in [1.82, 2.24) is 15.1 Å². The van der Waals surface area contributed by atoms with Crippen molar-refractivity contribution in [3.8, 4) is 0 Å². The zero-order valence-electron chi connectivity index (χ0n) is 27.7. The van der Waals surface area contributed by atoms with E-state index in [1.54, 1.807) is 28.9 Å². The molecule has 2 bridgehead atoms. The van der Waals surface area contributed by atoms with E-state index in [4.69, 9.17) is 9.47 Å². The number of nitrogens with one attached hydrogen (secondary N) is 1. The summed E-state index contributed by atoms with van der Waals surface area (Å²) in [6, 6.07) is 7.75. The number of hydrogen-bond donors (Lipinski definition) is 2. The summed E-state index contributed by atoms with van der Waals surface area (Å²) >= 11 is 3.74. The lowest BCUT2D eigenvalue weighted by molar-refractivity contribution is -0.162. The number of aliphatic hydroxyl groups excluding tert-OH is 1. The number of benzene rings is 1. The van der Waals surface area contributed by atoms with Gasteiger partial charge in [0.1, 0.15) is 17.7 Å². The summed E-state index contributed by atoms with van der Waals surface area (Å²) in [5.74, 6) is -3.12. The molecule has 8 atom stereocenters. The number of ether oxygens (including phenoxy) is 2. The molecule has 0 aliphatic carbocycles. The first-order valence-corrected chi connectivity index (χ1v) is 17.8. The molecular weight excluding hydrogens is 666 g/mol. The van der Waals surface area contributed by atoms with Crippen molar-refractivity contribution >= 4 is 39.6 Å². The fourth-order valence-electron chi connectivity index (χ4n) is 7.40. The standard InChI is InChI=1S/C36H50BrN3O7/c1-5-8-18-27(42)38-24(4)30(25-16-12-10-13-17-25)46-35(45)28-29-33(43)40(21-14-11-15-22-41)32(36(29)23-26(37)31(28)47-36)34(44)39(19-7-3)20-9-6-2/h5,7,10,12-13,16-17,24,26,28-32,41H,1,3,6,8-9,11,14-15,18-23H2,2,4H3,(H,38,42)/t24-,26?,28-,29+,30-,31-,32-,36+/m1/s1. The summed E-state index contributed by atoms with van der Waals surface area (Å²) < 4.78 is 12.9. The topological polar surface area (TPSA) is 125 Å². The van der Waals surface area contributed by atoms with E-state index >= 15 is 0 Å². The molecule has 1 aromatic rings. The van der Waals surface area contributed by atoms with E-state index in [0.717, 1.165) is 12.8 Å². The number of unbranched alkanes of at least 4 members (excludes halogenated alkanes) is 3. The molecule has 3 saturated heterocycles. The van der Waals surface area contributed by atoms with Crippen molar-refractivity contribution in [3.05, 3.63) is 61.2 Å². The first-order chi connectivity index (χ1) is 22.6. The van der Waals surface area contributed by atoms with E-state index < -0.39 is 47.7 Å². The Kier molecular flexibility index (Phi) is 13.2. The van der Waals surface area contributed by atoms with Crippen molar-refractivity contribution in [2.75, 3.05) is 26.2 Å². The number of amides is 3. The second-order valence-electron chi connectivity index (χ2n) is 12.9. The lowest BCUT2D eigenvalue weighted by atomic mass is 9.70. The van der Waals surface area contributed by atoms with Gasteiger partial charge in [0.05, 0.1) is 24.0 Å². The molecule has 3 fully saturated rings. The summed E-state index contributed by atoms with van der Waals surface area (Å²) in [7, 11) is 0. The lowest BCUT2D eigenvalue weighted by Crippen LogP contribution is -2.57. The van der Waals surface area contributed by atoms with Gasteiger partial charge >= 0.3 is 5.97 Å². The Labute approximate surface area is 287 Å². The van der Waals surface area contributed by atoms with E-state index in [0.29, 0.717) is 57.3 Å². The summed E-state index contributed by atoms with van der Waals surface area (Å²) in [4.78, 5) is 58.9. The number of alkyl halides is 1. The molecule has 0 radical (unpaired) electrons. The zero-order valence-corrected chi connectivity index (χ0v) is 29.2. The molecule has 258 valence electrons. The normalized spacial score (nSPS) is 27.2. The quantitative estimate of drug-likeness (QED) is 0.0938. The third-order valence-corrected chi connectivity index (χ3v) is 10.4. The highest BCUT2D eigenvalue weighted by Gasteiger charge is 2.77. The molecular formula is C36H50BrN3O7. The van der Waals surface area contributed by atoms with E-state index in [1.165, 1.54) is 0 Å². The number of esters is 1. The van der Waals surface area contributed by atoms with Crippen LogP contribution in [0.3, 0.4) is 0 Å². The Balaban J connectivity index is 1.67. The Hall–Kier alpha value is -3.02. The number of hydrogen-bond acceptors (Lipinski definition) is 7. The van der Waals surface area contributed by atoms with Crippen LogP contribution in [0.25, 0.3) is 0 Å². The van der Waals surface area contributed by atoms with Crippen molar-refractivity contribution in [1.29, 1.82) is 0 Å². The van der Waals surface area contributed by atoms with E-state index in [9.17, 15) is 24.3 Å². The van der Waals surface area contributed by atoms with Gasteiger partial charge in [-0.3, -0.25) is 19.2 Å². The minimum atomic E-state index is -1.20. The van der Waals surface area contributed by atoms with E-state index in [1.807, 2.05) is 30.3 Å². The molecule has 11 heteroatoms. The smallest absolute Gasteiger partial charge is 0.313 e. The zero-order chi connectivity index (χ0) is 34.1. The second kappa shape index (κ2) is 16.9. The van der Waals surface area contributed by atoms with Crippen LogP contribution < -0.4 is 5.32 Å². The van der Waals surface area contributed by atoms with Crippen LogP contribution in [-0.4, -0.2) is 93.5 Å². The van der Waals surface area contributed by atoms with Crippen LogP contribution in [0.4, 0.5) is 0 Å². The van der Waals surface area contributed by atoms with Gasteiger partial charge in [-0.15, -0.1) is 13.2 Å². The maximum Gasteiger partial charge on any atom is 0.313 e. The average Bonchev–Trinajstić information content (AvgIpc) is 3.65. The Morgan fingerprint density at radius 2 is 1.94 bits per heavy atom. The van der Waals surface area contributed by atoms with Crippen LogP contribution in [0.2, 0.25) is 0 Å². The lowest BCUT2D eigenvalue weighted by Gasteiger charge is -2.37. The van der Waals surface area contributed by atoms with Crippen molar-refractivity contribution in [3.63, 3.8) is 0 Å². The Morgan fingerprint density at radius 3 is 2.60 bits per heavy atom. The molecule has 0 saturated carbocycles. The predicted octanol–water partition coefficient (Wildman–Crippen LogP) is 4.47. The molecule has 1 aromatic carbocycles. The molecule has 1 spiro atoms. The Morgan fingerprint density at radius 1 is 1.19 bits per heavy atom. The number of nitrogens with zero attached hydrogens (tertiary/aromatic N) is 2. The number of halogens is 1. The van der Waals surface area contributed by atoms with E-state index in [-0.39, 0.29) is 35.6 Å². The number of rotatable bonds is 19. The minimum absolute atomic E-state index is 0.0483. The maximum atomic E-state index is 14.4. The fraction of sp³-hybridized carbons (Fsp3) is 0.611. The molecule has 1 unspecified atom stereocenters. The molecule has 0 aromatic heterocycles. The first-order valence-electron chi connectivity index (χ1n) is 16.9. The predicted molar refractivity (Wildman–Crippen MR) is 182 cm³/mol. The van der Waals surface area contributed by atoms with Crippen LogP contribution in [-0.2, 0) is 28.7 Å². The molecule has 3 amide bonds. The second-order valence-corrected chi connectivity index (χ2v) is 14.0. The molecule has 4 rings (SSSR count). The van der Waals surface area contributed by atoms with Crippen LogP contribution in [0, 0.1) is 11.8 Å². The van der Waals surface area contributed by atoms with Crippen molar-refractivity contribution in [2.24, 2.45) is 11.8 Å². The number of carbonyl (C=O) groups is 4. The minimum Gasteiger partial charge on any atom is -0.455 e. The summed E-state index contributed by atoms with van der Waals surface area (Å²) in [5, 5.41) is 12.3. The van der Waals surface area contributed by atoms with Crippen LogP contribution in [0.5, 0.6) is 0 Å². The third-order valence-electron chi connectivity index (χ3n) is 9.58. The highest BCUT2D eigenvalue weighted by molar-refractivity contribution is 9.09. The average molecular weight is 717 g/mol. The summed E-state index contributed by atoms with van der Waals surface area (Å²) in [6.45, 7) is 12.6. The first kappa shape index (κ1) is 36.8. The number of likely N-dealkylation sites (tertiary alicyclic amines) is 1. The SMILES string of the molecule is C=CCCC(=O)N[C@H](C)[C@@H](OC(=O)[C@H]1[C@@H]2O[C@@]3(CC2Br)[C@@H]1C(=O)N(CCCCCO)[C@@H]3C(=O)N(CC=C)CCCC)c1ccccc1. The van der Waals surface area contributed by atoms with Gasteiger partial charge in [0, 0.05) is 37.5 Å². The number of allylic oxidation sites excluding steroid dienone is 1. The van der Waals surface area contributed by atoms with Gasteiger partial charge in [0.25, 0.3) is 0 Å². The number of carbonyl (C=O) groups excluding carboxylic acids is 4. The third kappa shape index (κ3) is 7.84.